The van der Waals surface area contributed by atoms with Gasteiger partial charge in [0.1, 0.15) is 22.5 Å². The minimum atomic E-state index is -1.49. The molecule has 4 rings (SSSR count). The molecule has 2 bridgehead atoms. The summed E-state index contributed by atoms with van der Waals surface area (Å²) in [5.41, 5.74) is -2.97. The van der Waals surface area contributed by atoms with Crippen molar-refractivity contribution in [3.8, 4) is 11.5 Å². The second kappa shape index (κ2) is 3.99. The fourth-order valence-corrected chi connectivity index (χ4v) is 4.05. The molecule has 0 saturated carbocycles. The maximum absolute atomic E-state index is 12.5. The van der Waals surface area contributed by atoms with Crippen LogP contribution in [0, 0.1) is 5.41 Å². The van der Waals surface area contributed by atoms with Crippen LogP contribution in [0.15, 0.2) is 12.1 Å². The molecule has 3 atom stereocenters. The molecule has 1 aromatic carbocycles. The lowest BCUT2D eigenvalue weighted by atomic mass is 9.57. The van der Waals surface area contributed by atoms with E-state index in [4.69, 9.17) is 9.47 Å². The smallest absolute Gasteiger partial charge is 0.313 e. The van der Waals surface area contributed by atoms with Gasteiger partial charge in [-0.05, 0) is 25.0 Å². The van der Waals surface area contributed by atoms with E-state index < -0.39 is 29.1 Å². The van der Waals surface area contributed by atoms with Crippen LogP contribution < -0.4 is 0 Å². The zero-order valence-corrected chi connectivity index (χ0v) is 11.5. The van der Waals surface area contributed by atoms with Gasteiger partial charge >= 0.3 is 5.97 Å². The molecule has 0 aromatic heterocycles. The van der Waals surface area contributed by atoms with E-state index in [-0.39, 0.29) is 42.1 Å². The molecule has 7 heteroatoms. The number of ketones is 1. The lowest BCUT2D eigenvalue weighted by Gasteiger charge is -2.49. The largest absolute Gasteiger partial charge is 0.508 e. The zero-order valence-electron chi connectivity index (χ0n) is 11.5. The first-order chi connectivity index (χ1) is 10.4. The molecular weight excluding hydrogens is 292 g/mol. The topological polar surface area (TPSA) is 113 Å². The second-order valence-corrected chi connectivity index (χ2v) is 6.07. The molecule has 3 aliphatic rings. The lowest BCUT2D eigenvalue weighted by molar-refractivity contribution is -0.207. The van der Waals surface area contributed by atoms with E-state index in [2.05, 4.69) is 0 Å². The third-order valence-electron chi connectivity index (χ3n) is 5.10. The van der Waals surface area contributed by atoms with Crippen LogP contribution in [0.5, 0.6) is 11.5 Å². The van der Waals surface area contributed by atoms with Gasteiger partial charge in [-0.2, -0.15) is 0 Å². The summed E-state index contributed by atoms with van der Waals surface area (Å²) in [7, 11) is 0. The van der Waals surface area contributed by atoms with Crippen LogP contribution in [0.25, 0.3) is 0 Å². The summed E-state index contributed by atoms with van der Waals surface area (Å²) in [6.07, 6.45) is -0.262. The van der Waals surface area contributed by atoms with Crippen molar-refractivity contribution < 1.29 is 34.4 Å². The van der Waals surface area contributed by atoms with E-state index in [1.54, 1.807) is 0 Å². The van der Waals surface area contributed by atoms with Crippen molar-refractivity contribution in [1.82, 2.24) is 0 Å². The third kappa shape index (κ3) is 1.33. The van der Waals surface area contributed by atoms with Crippen molar-refractivity contribution >= 4 is 11.8 Å². The molecule has 1 spiro atoms. The van der Waals surface area contributed by atoms with E-state index in [1.165, 1.54) is 12.1 Å². The van der Waals surface area contributed by atoms with Gasteiger partial charge in [0.25, 0.3) is 0 Å². The minimum absolute atomic E-state index is 0.0355. The molecule has 22 heavy (non-hydrogen) atoms. The molecule has 3 N–H and O–H groups in total. The highest BCUT2D eigenvalue weighted by atomic mass is 16.7. The molecule has 116 valence electrons. The molecule has 0 unspecified atom stereocenters. The van der Waals surface area contributed by atoms with Gasteiger partial charge in [0.15, 0.2) is 12.1 Å². The second-order valence-electron chi connectivity index (χ2n) is 6.07. The van der Waals surface area contributed by atoms with E-state index in [9.17, 15) is 24.9 Å². The number of phenolic OH excluding ortho intramolecular Hbond substituents is 2. The Hall–Kier alpha value is -2.12. The maximum atomic E-state index is 12.5. The summed E-state index contributed by atoms with van der Waals surface area (Å²) in [6, 6.07) is 2.45. The van der Waals surface area contributed by atoms with E-state index in [0.29, 0.717) is 6.42 Å². The quantitative estimate of drug-likeness (QED) is 0.666. The maximum Gasteiger partial charge on any atom is 0.313 e. The van der Waals surface area contributed by atoms with Crippen molar-refractivity contribution in [1.29, 1.82) is 0 Å². The van der Waals surface area contributed by atoms with Crippen LogP contribution in [0.1, 0.15) is 35.2 Å². The van der Waals surface area contributed by atoms with Crippen molar-refractivity contribution in [3.63, 3.8) is 0 Å². The summed E-state index contributed by atoms with van der Waals surface area (Å²) in [4.78, 5) is 24.5. The number of carbonyl (C=O) groups is 2. The highest BCUT2D eigenvalue weighted by molar-refractivity contribution is 6.05. The van der Waals surface area contributed by atoms with Gasteiger partial charge in [0.2, 0.25) is 0 Å². The van der Waals surface area contributed by atoms with Crippen LogP contribution in [-0.2, 0) is 19.9 Å². The Balaban J connectivity index is 2.08. The van der Waals surface area contributed by atoms with Crippen LogP contribution >= 0.6 is 0 Å². The van der Waals surface area contributed by atoms with Gasteiger partial charge < -0.3 is 24.8 Å². The Morgan fingerprint density at radius 3 is 2.73 bits per heavy atom. The van der Waals surface area contributed by atoms with Crippen molar-refractivity contribution in [2.24, 2.45) is 5.41 Å². The number of aliphatic carboxylic acids is 1. The van der Waals surface area contributed by atoms with E-state index >= 15 is 0 Å². The number of ether oxygens (including phenoxy) is 2. The number of Topliss-reactive ketones (excluding diaryl/α,β-unsaturated/α-hetero) is 1. The summed E-state index contributed by atoms with van der Waals surface area (Å²) in [5.74, 6) is -2.22. The Morgan fingerprint density at radius 2 is 2.00 bits per heavy atom. The Kier molecular flexibility index (Phi) is 2.46. The summed E-state index contributed by atoms with van der Waals surface area (Å²) < 4.78 is 11.3. The monoisotopic (exact) mass is 306 g/mol. The summed E-state index contributed by atoms with van der Waals surface area (Å²) >= 11 is 0. The lowest BCUT2D eigenvalue weighted by Crippen LogP contribution is -2.58. The molecule has 1 aliphatic carbocycles. The predicted molar refractivity (Wildman–Crippen MR) is 70.5 cm³/mol. The van der Waals surface area contributed by atoms with Crippen LogP contribution in [0.3, 0.4) is 0 Å². The molecule has 2 fully saturated rings. The number of carbonyl (C=O) groups excluding carboxylic acids is 1. The first-order valence-electron chi connectivity index (χ1n) is 7.03. The average molecular weight is 306 g/mol. The van der Waals surface area contributed by atoms with Crippen LogP contribution in [0.2, 0.25) is 0 Å². The predicted octanol–water partition coefficient (Wildman–Crippen LogP) is 1.12. The highest BCUT2D eigenvalue weighted by Crippen LogP contribution is 2.62. The van der Waals surface area contributed by atoms with Crippen LogP contribution in [-0.4, -0.2) is 40.0 Å². The fraction of sp³-hybridized carbons (Fsp3) is 0.467. The summed E-state index contributed by atoms with van der Waals surface area (Å²) in [6.45, 7) is -0.0682. The zero-order chi connectivity index (χ0) is 15.7. The molecular formula is C15H14O7. The minimum Gasteiger partial charge on any atom is -0.508 e. The molecule has 0 amide bonds. The SMILES string of the molecule is O=C1C[C@@]2(C(=O)O)CC[C@@H]3OC[C@]2(O3)c2c(O)ccc(O)c21. The molecule has 2 heterocycles. The third-order valence-corrected chi connectivity index (χ3v) is 5.10. The number of carboxylic acids is 1. The number of benzene rings is 1. The highest BCUT2D eigenvalue weighted by Gasteiger charge is 2.69. The van der Waals surface area contributed by atoms with Gasteiger partial charge in [-0.1, -0.05) is 0 Å². The number of aromatic hydroxyl groups is 2. The van der Waals surface area contributed by atoms with Gasteiger partial charge in [0.05, 0.1) is 12.2 Å². The van der Waals surface area contributed by atoms with E-state index in [1.807, 2.05) is 0 Å². The molecule has 0 radical (unpaired) electrons. The Morgan fingerprint density at radius 1 is 1.27 bits per heavy atom. The number of hydrogen-bond donors (Lipinski definition) is 3. The van der Waals surface area contributed by atoms with Gasteiger partial charge in [-0.3, -0.25) is 9.59 Å². The standard InChI is InChI=1S/C15H14O7/c16-7-1-2-8(17)12-11(7)9(18)5-14(13(19)20)4-3-10-21-6-15(12,14)22-10/h1-2,10,16-17H,3-6H2,(H,19,20)/t10-,14-,15+/m1/s1. The summed E-state index contributed by atoms with van der Waals surface area (Å²) in [5, 5.41) is 30.1. The number of fused-ring (bicyclic) bond motifs is 2. The Labute approximate surface area is 125 Å². The van der Waals surface area contributed by atoms with Gasteiger partial charge in [-0.25, -0.2) is 0 Å². The van der Waals surface area contributed by atoms with Crippen molar-refractivity contribution in [3.05, 3.63) is 23.3 Å². The molecule has 1 aromatic rings. The normalized spacial score (nSPS) is 35.8. The van der Waals surface area contributed by atoms with Crippen molar-refractivity contribution in [2.75, 3.05) is 6.61 Å². The number of rotatable bonds is 1. The van der Waals surface area contributed by atoms with Gasteiger partial charge in [-0.15, -0.1) is 0 Å². The fourth-order valence-electron chi connectivity index (χ4n) is 4.05. The number of carboxylic acid groups (broad SMARTS) is 1. The first kappa shape index (κ1) is 13.5. The first-order valence-corrected chi connectivity index (χ1v) is 7.03. The van der Waals surface area contributed by atoms with Crippen LogP contribution in [0.4, 0.5) is 0 Å². The average Bonchev–Trinajstić information content (AvgIpc) is 2.83. The Bertz CT molecular complexity index is 712. The van der Waals surface area contributed by atoms with E-state index in [0.717, 1.165) is 0 Å². The van der Waals surface area contributed by atoms with Gasteiger partial charge in [0, 0.05) is 12.0 Å². The van der Waals surface area contributed by atoms with Crippen molar-refractivity contribution in [2.45, 2.75) is 31.2 Å². The number of hydrogen-bond acceptors (Lipinski definition) is 6. The molecule has 2 aliphatic heterocycles. The number of phenols is 2. The molecule has 2 saturated heterocycles. The molecule has 7 nitrogen and oxygen atoms in total.